The molecule has 1 amide bonds. The summed E-state index contributed by atoms with van der Waals surface area (Å²) in [6, 6.07) is 9.62. The Morgan fingerprint density at radius 3 is 2.71 bits per heavy atom. The van der Waals surface area contributed by atoms with Crippen molar-refractivity contribution in [2.45, 2.75) is 26.9 Å². The van der Waals surface area contributed by atoms with Crippen LogP contribution in [0.25, 0.3) is 0 Å². The van der Waals surface area contributed by atoms with Crippen LogP contribution in [0.5, 0.6) is 0 Å². The Kier molecular flexibility index (Phi) is 4.75. The number of amides is 1. The van der Waals surface area contributed by atoms with E-state index in [9.17, 15) is 4.79 Å². The Hall–Kier alpha value is -2.48. The molecule has 1 aromatic carbocycles. The van der Waals surface area contributed by atoms with Gasteiger partial charge >= 0.3 is 11.8 Å². The van der Waals surface area contributed by atoms with E-state index in [2.05, 4.69) is 36.5 Å². The Bertz CT molecular complexity index is 857. The molecule has 0 radical (unpaired) electrons. The first kappa shape index (κ1) is 16.4. The highest BCUT2D eigenvalue weighted by atomic mass is 79.9. The molecule has 7 nitrogen and oxygen atoms in total. The normalized spacial score (nSPS) is 10.8. The molecule has 2 heterocycles. The van der Waals surface area contributed by atoms with Crippen molar-refractivity contribution in [2.75, 3.05) is 0 Å². The van der Waals surface area contributed by atoms with Gasteiger partial charge in [0.15, 0.2) is 5.82 Å². The molecule has 0 atom stereocenters. The first-order chi connectivity index (χ1) is 11.5. The van der Waals surface area contributed by atoms with Crippen molar-refractivity contribution in [1.82, 2.24) is 25.2 Å². The van der Waals surface area contributed by atoms with Gasteiger partial charge in [-0.3, -0.25) is 9.48 Å². The van der Waals surface area contributed by atoms with Gasteiger partial charge in [0.25, 0.3) is 0 Å². The molecule has 0 spiro atoms. The second-order valence-corrected chi connectivity index (χ2v) is 6.12. The number of carbonyl (C=O) groups excluding carboxylic acids is 1. The van der Waals surface area contributed by atoms with Crippen molar-refractivity contribution in [3.05, 3.63) is 63.5 Å². The minimum absolute atomic E-state index is 0.0541. The third-order valence-corrected chi connectivity index (χ3v) is 4.69. The summed E-state index contributed by atoms with van der Waals surface area (Å²) in [6.45, 7) is 4.60. The number of nitrogens with one attached hydrogen (secondary N) is 1. The molecule has 24 heavy (non-hydrogen) atoms. The lowest BCUT2D eigenvalue weighted by Gasteiger charge is -2.01. The monoisotopic (exact) mass is 389 g/mol. The Labute approximate surface area is 147 Å². The highest BCUT2D eigenvalue weighted by Gasteiger charge is 2.17. The summed E-state index contributed by atoms with van der Waals surface area (Å²) in [5.74, 6) is -0.0494. The van der Waals surface area contributed by atoms with Crippen LogP contribution in [0.3, 0.4) is 0 Å². The number of carbonyl (C=O) groups is 1. The molecule has 0 fully saturated rings. The lowest BCUT2D eigenvalue weighted by molar-refractivity contribution is 0.0907. The summed E-state index contributed by atoms with van der Waals surface area (Å²) >= 11 is 3.47. The van der Waals surface area contributed by atoms with E-state index in [0.29, 0.717) is 18.9 Å². The molecule has 0 aliphatic carbocycles. The molecule has 3 rings (SSSR count). The van der Waals surface area contributed by atoms with Crippen LogP contribution < -0.4 is 5.32 Å². The van der Waals surface area contributed by atoms with Crippen LogP contribution in [-0.4, -0.2) is 25.8 Å². The maximum atomic E-state index is 12.1. The predicted octanol–water partition coefficient (Wildman–Crippen LogP) is 2.62. The van der Waals surface area contributed by atoms with Crippen LogP contribution in [0.15, 0.2) is 39.3 Å². The van der Waals surface area contributed by atoms with E-state index in [1.165, 1.54) is 0 Å². The number of aromatic nitrogens is 4. The zero-order valence-electron chi connectivity index (χ0n) is 13.3. The minimum Gasteiger partial charge on any atom is -0.344 e. The molecule has 0 saturated heterocycles. The molecule has 0 aliphatic rings. The summed E-state index contributed by atoms with van der Waals surface area (Å²) in [7, 11) is 0. The first-order valence-corrected chi connectivity index (χ1v) is 8.18. The Morgan fingerprint density at radius 2 is 2.04 bits per heavy atom. The van der Waals surface area contributed by atoms with Gasteiger partial charge in [0.2, 0.25) is 0 Å². The molecule has 0 aliphatic heterocycles. The van der Waals surface area contributed by atoms with E-state index >= 15 is 0 Å². The number of rotatable bonds is 5. The maximum absolute atomic E-state index is 12.1. The highest BCUT2D eigenvalue weighted by molar-refractivity contribution is 9.10. The summed E-state index contributed by atoms with van der Waals surface area (Å²) in [5, 5.41) is 11.0. The largest absolute Gasteiger partial charge is 0.344 e. The molecule has 0 unspecified atom stereocenters. The third-order valence-electron chi connectivity index (χ3n) is 3.54. The van der Waals surface area contributed by atoms with E-state index < -0.39 is 5.91 Å². The van der Waals surface area contributed by atoms with Gasteiger partial charge in [-0.15, -0.1) is 0 Å². The van der Waals surface area contributed by atoms with Gasteiger partial charge in [0.1, 0.15) is 6.54 Å². The van der Waals surface area contributed by atoms with Gasteiger partial charge in [-0.05, 0) is 35.3 Å². The molecule has 3 aromatic rings. The van der Waals surface area contributed by atoms with Crippen LogP contribution in [-0.2, 0) is 13.1 Å². The molecular weight excluding hydrogens is 374 g/mol. The molecule has 0 bridgehead atoms. The Morgan fingerprint density at radius 1 is 1.29 bits per heavy atom. The lowest BCUT2D eigenvalue weighted by Crippen LogP contribution is -2.23. The van der Waals surface area contributed by atoms with Crippen LogP contribution in [0.1, 0.15) is 33.5 Å². The second-order valence-electron chi connectivity index (χ2n) is 5.33. The van der Waals surface area contributed by atoms with Crippen molar-refractivity contribution in [2.24, 2.45) is 0 Å². The molecule has 2 aromatic heterocycles. The maximum Gasteiger partial charge on any atom is 0.316 e. The van der Waals surface area contributed by atoms with Crippen molar-refractivity contribution in [3.8, 4) is 0 Å². The smallest absolute Gasteiger partial charge is 0.316 e. The fraction of sp³-hybridized carbons (Fsp3) is 0.250. The predicted molar refractivity (Wildman–Crippen MR) is 90.4 cm³/mol. The molecule has 124 valence electrons. The van der Waals surface area contributed by atoms with Crippen LogP contribution >= 0.6 is 15.9 Å². The van der Waals surface area contributed by atoms with E-state index in [1.54, 1.807) is 4.68 Å². The number of hydrogen-bond donors (Lipinski definition) is 1. The second kappa shape index (κ2) is 6.96. The molecule has 1 N–H and O–H groups in total. The first-order valence-electron chi connectivity index (χ1n) is 7.39. The number of nitrogens with zero attached hydrogens (tertiary/aromatic N) is 4. The fourth-order valence-corrected chi connectivity index (χ4v) is 2.51. The molecule has 0 saturated carbocycles. The van der Waals surface area contributed by atoms with Crippen molar-refractivity contribution >= 4 is 21.8 Å². The lowest BCUT2D eigenvalue weighted by atomic mass is 10.2. The molecule has 8 heteroatoms. The zero-order valence-corrected chi connectivity index (χ0v) is 14.9. The topological polar surface area (TPSA) is 85.8 Å². The summed E-state index contributed by atoms with van der Waals surface area (Å²) in [6.07, 6.45) is 0. The highest BCUT2D eigenvalue weighted by Crippen LogP contribution is 2.20. The van der Waals surface area contributed by atoms with E-state index in [0.717, 1.165) is 21.4 Å². The number of hydrogen-bond acceptors (Lipinski definition) is 5. The minimum atomic E-state index is -0.396. The van der Waals surface area contributed by atoms with E-state index in [4.69, 9.17) is 4.52 Å². The van der Waals surface area contributed by atoms with Gasteiger partial charge in [-0.25, -0.2) is 0 Å². The molecular formula is C16H16BrN5O2. The number of halogens is 1. The Balaban J connectivity index is 1.64. The summed E-state index contributed by atoms with van der Waals surface area (Å²) in [5.41, 5.74) is 2.85. The number of benzene rings is 1. The average Bonchev–Trinajstić information content (AvgIpc) is 3.15. The standard InChI is InChI=1S/C16H16BrN5O2/c1-10-14(17)11(2)22(20-10)9-13-19-16(24-21-13)15(23)18-8-12-6-4-3-5-7-12/h3-7H,8-9H2,1-2H3,(H,18,23). The zero-order chi connectivity index (χ0) is 17.1. The van der Waals surface area contributed by atoms with Gasteiger partial charge in [0, 0.05) is 6.54 Å². The van der Waals surface area contributed by atoms with Crippen LogP contribution in [0.2, 0.25) is 0 Å². The van der Waals surface area contributed by atoms with Gasteiger partial charge < -0.3 is 9.84 Å². The van der Waals surface area contributed by atoms with Gasteiger partial charge in [-0.1, -0.05) is 35.5 Å². The van der Waals surface area contributed by atoms with E-state index in [-0.39, 0.29) is 5.89 Å². The number of aryl methyl sites for hydroxylation is 1. The fourth-order valence-electron chi connectivity index (χ4n) is 2.23. The quantitative estimate of drug-likeness (QED) is 0.724. The van der Waals surface area contributed by atoms with Crippen LogP contribution in [0.4, 0.5) is 0 Å². The SMILES string of the molecule is Cc1nn(Cc2noc(C(=O)NCc3ccccc3)n2)c(C)c1Br. The third kappa shape index (κ3) is 3.53. The van der Waals surface area contributed by atoms with Crippen molar-refractivity contribution in [3.63, 3.8) is 0 Å². The van der Waals surface area contributed by atoms with Crippen molar-refractivity contribution < 1.29 is 9.32 Å². The van der Waals surface area contributed by atoms with Crippen molar-refractivity contribution in [1.29, 1.82) is 0 Å². The van der Waals surface area contributed by atoms with Gasteiger partial charge in [0.05, 0.1) is 15.9 Å². The van der Waals surface area contributed by atoms with E-state index in [1.807, 2.05) is 44.2 Å². The van der Waals surface area contributed by atoms with Crippen LogP contribution in [0, 0.1) is 13.8 Å². The summed E-state index contributed by atoms with van der Waals surface area (Å²) in [4.78, 5) is 16.2. The summed E-state index contributed by atoms with van der Waals surface area (Å²) < 4.78 is 7.75. The van der Waals surface area contributed by atoms with Gasteiger partial charge in [-0.2, -0.15) is 10.1 Å². The average molecular weight is 390 g/mol.